The van der Waals surface area contributed by atoms with Crippen LogP contribution in [0.5, 0.6) is 0 Å². The number of rotatable bonds is 13. The highest BCUT2D eigenvalue weighted by molar-refractivity contribution is 8.01. The fraction of sp³-hybridized carbons (Fsp3) is 0.625. The molecule has 4 heteroatoms. The number of fused-ring (bicyclic) bond motifs is 2. The van der Waals surface area contributed by atoms with E-state index in [0.29, 0.717) is 6.42 Å². The van der Waals surface area contributed by atoms with Crippen molar-refractivity contribution in [2.75, 3.05) is 5.75 Å². The molecule has 0 spiro atoms. The zero-order valence-electron chi connectivity index (χ0n) is 16.8. The Bertz CT molecular complexity index is 616. The Labute approximate surface area is 179 Å². The summed E-state index contributed by atoms with van der Waals surface area (Å²) in [5.74, 6) is 3.50. The summed E-state index contributed by atoms with van der Waals surface area (Å²) in [4.78, 5) is 10.6. The van der Waals surface area contributed by atoms with Gasteiger partial charge in [0.1, 0.15) is 0 Å². The van der Waals surface area contributed by atoms with E-state index in [-0.39, 0.29) is 0 Å². The van der Waals surface area contributed by atoms with Gasteiger partial charge in [-0.15, -0.1) is 0 Å². The van der Waals surface area contributed by atoms with Gasteiger partial charge in [-0.2, -0.15) is 23.5 Å². The van der Waals surface area contributed by atoms with Gasteiger partial charge in [-0.05, 0) is 68.1 Å². The van der Waals surface area contributed by atoms with Crippen LogP contribution in [0, 0.1) is 11.8 Å². The number of hydrogen-bond acceptors (Lipinski definition) is 3. The van der Waals surface area contributed by atoms with E-state index in [0.717, 1.165) is 40.9 Å². The molecule has 3 rings (SSSR count). The molecular formula is C24H34O2S2. The minimum Gasteiger partial charge on any atom is -0.481 e. The molecule has 2 saturated heterocycles. The molecule has 28 heavy (non-hydrogen) atoms. The highest BCUT2D eigenvalue weighted by Crippen LogP contribution is 2.55. The van der Waals surface area contributed by atoms with E-state index in [1.54, 1.807) is 0 Å². The summed E-state index contributed by atoms with van der Waals surface area (Å²) in [7, 11) is 0. The normalized spacial score (nSPS) is 26.3. The van der Waals surface area contributed by atoms with E-state index >= 15 is 0 Å². The molecule has 4 atom stereocenters. The van der Waals surface area contributed by atoms with Gasteiger partial charge in [0.2, 0.25) is 0 Å². The Morgan fingerprint density at radius 3 is 2.64 bits per heavy atom. The lowest BCUT2D eigenvalue weighted by Gasteiger charge is -2.29. The van der Waals surface area contributed by atoms with Crippen molar-refractivity contribution >= 4 is 29.5 Å². The van der Waals surface area contributed by atoms with Crippen LogP contribution in [-0.4, -0.2) is 27.3 Å². The molecule has 2 aliphatic heterocycles. The van der Waals surface area contributed by atoms with Crippen LogP contribution in [0.15, 0.2) is 42.5 Å². The molecule has 2 nitrogen and oxygen atoms in total. The quantitative estimate of drug-likeness (QED) is 0.282. The fourth-order valence-electron chi connectivity index (χ4n) is 4.69. The molecule has 1 N–H and O–H groups in total. The highest BCUT2D eigenvalue weighted by atomic mass is 32.2. The van der Waals surface area contributed by atoms with Crippen LogP contribution < -0.4 is 0 Å². The zero-order valence-corrected chi connectivity index (χ0v) is 18.4. The highest BCUT2D eigenvalue weighted by Gasteiger charge is 2.46. The molecule has 0 saturated carbocycles. The summed E-state index contributed by atoms with van der Waals surface area (Å²) in [6.45, 7) is 0. The second kappa shape index (κ2) is 12.0. The minimum atomic E-state index is -0.681. The predicted molar refractivity (Wildman–Crippen MR) is 123 cm³/mol. The monoisotopic (exact) mass is 418 g/mol. The van der Waals surface area contributed by atoms with Crippen LogP contribution >= 0.6 is 23.5 Å². The van der Waals surface area contributed by atoms with Crippen LogP contribution in [0.4, 0.5) is 0 Å². The van der Waals surface area contributed by atoms with Crippen LogP contribution in [-0.2, 0) is 10.5 Å². The van der Waals surface area contributed by atoms with E-state index < -0.39 is 5.97 Å². The number of benzene rings is 1. The first kappa shape index (κ1) is 21.8. The van der Waals surface area contributed by atoms with E-state index in [9.17, 15) is 4.79 Å². The summed E-state index contributed by atoms with van der Waals surface area (Å²) in [6.07, 6.45) is 14.7. The zero-order chi connectivity index (χ0) is 19.6. The molecule has 0 amide bonds. The van der Waals surface area contributed by atoms with Crippen LogP contribution in [0.3, 0.4) is 0 Å². The summed E-state index contributed by atoms with van der Waals surface area (Å²) in [5, 5.41) is 10.5. The van der Waals surface area contributed by atoms with Gasteiger partial charge in [0.05, 0.1) is 0 Å². The molecular weight excluding hydrogens is 384 g/mol. The second-order valence-electron chi connectivity index (χ2n) is 8.15. The van der Waals surface area contributed by atoms with Gasteiger partial charge in [-0.3, -0.25) is 4.79 Å². The molecule has 2 bridgehead atoms. The van der Waals surface area contributed by atoms with Crippen molar-refractivity contribution in [1.29, 1.82) is 0 Å². The van der Waals surface area contributed by atoms with Crippen molar-refractivity contribution in [3.63, 3.8) is 0 Å². The first-order valence-electron chi connectivity index (χ1n) is 10.9. The maximum atomic E-state index is 10.6. The Kier molecular flexibility index (Phi) is 9.33. The lowest BCUT2D eigenvalue weighted by atomic mass is 9.75. The average molecular weight is 419 g/mol. The van der Waals surface area contributed by atoms with Crippen molar-refractivity contribution in [2.45, 2.75) is 74.0 Å². The van der Waals surface area contributed by atoms with Gasteiger partial charge >= 0.3 is 5.97 Å². The van der Waals surface area contributed by atoms with Gasteiger partial charge < -0.3 is 5.11 Å². The number of carbonyl (C=O) groups is 1. The van der Waals surface area contributed by atoms with Gasteiger partial charge in [0.25, 0.3) is 0 Å². The molecule has 2 aliphatic rings. The standard InChI is InChI=1S/C24H34O2S2/c25-24(26)14-7-2-1-6-12-20-21(23-16-15-22(20)28-23)13-8-9-17-27-18-19-10-4-3-5-11-19/h1,3-6,10-11,20-23H,2,7-9,12-18H2,(H,25,26)/t20-,21+,22-,23+/m1/s1. The van der Waals surface area contributed by atoms with Gasteiger partial charge in [0, 0.05) is 22.7 Å². The lowest BCUT2D eigenvalue weighted by Crippen LogP contribution is -2.26. The molecule has 2 fully saturated rings. The minimum absolute atomic E-state index is 0.291. The third kappa shape index (κ3) is 6.88. The summed E-state index contributed by atoms with van der Waals surface area (Å²) >= 11 is 4.34. The second-order valence-corrected chi connectivity index (χ2v) is 10.7. The molecule has 0 aliphatic carbocycles. The Morgan fingerprint density at radius 2 is 1.86 bits per heavy atom. The SMILES string of the molecule is O=C(O)CCCC=CC[C@@H]1[C@H](CCCCSCc2ccccc2)[C@@H]2CC[C@H]1S2. The maximum Gasteiger partial charge on any atom is 0.303 e. The third-order valence-electron chi connectivity index (χ3n) is 6.11. The lowest BCUT2D eigenvalue weighted by molar-refractivity contribution is -0.137. The fourth-order valence-corrected chi connectivity index (χ4v) is 7.72. The number of unbranched alkanes of at least 4 members (excludes halogenated alkanes) is 2. The molecule has 0 aromatic heterocycles. The largest absolute Gasteiger partial charge is 0.481 e. The van der Waals surface area contributed by atoms with Gasteiger partial charge in [0.15, 0.2) is 0 Å². The number of carboxylic acids is 1. The third-order valence-corrected chi connectivity index (χ3v) is 9.10. The number of thioether (sulfide) groups is 2. The molecule has 0 unspecified atom stereocenters. The van der Waals surface area contributed by atoms with Crippen LogP contribution in [0.1, 0.15) is 63.4 Å². The van der Waals surface area contributed by atoms with Crippen molar-refractivity contribution in [3.8, 4) is 0 Å². The molecule has 2 heterocycles. The molecule has 1 aromatic carbocycles. The van der Waals surface area contributed by atoms with Crippen molar-refractivity contribution in [1.82, 2.24) is 0 Å². The van der Waals surface area contributed by atoms with E-state index in [4.69, 9.17) is 5.11 Å². The Balaban J connectivity index is 1.31. The number of carboxylic acid groups (broad SMARTS) is 1. The van der Waals surface area contributed by atoms with Crippen molar-refractivity contribution < 1.29 is 9.90 Å². The number of hydrogen-bond donors (Lipinski definition) is 1. The number of allylic oxidation sites excluding steroid dienone is 2. The van der Waals surface area contributed by atoms with Crippen LogP contribution in [0.25, 0.3) is 0 Å². The van der Waals surface area contributed by atoms with Gasteiger partial charge in [-0.1, -0.05) is 48.9 Å². The first-order chi connectivity index (χ1) is 13.7. The van der Waals surface area contributed by atoms with Crippen LogP contribution in [0.2, 0.25) is 0 Å². The Morgan fingerprint density at radius 1 is 1.07 bits per heavy atom. The van der Waals surface area contributed by atoms with E-state index in [1.807, 2.05) is 0 Å². The topological polar surface area (TPSA) is 37.3 Å². The molecule has 0 radical (unpaired) electrons. The summed E-state index contributed by atoms with van der Waals surface area (Å²) in [6, 6.07) is 10.8. The summed E-state index contributed by atoms with van der Waals surface area (Å²) < 4.78 is 0. The smallest absolute Gasteiger partial charge is 0.303 e. The predicted octanol–water partition coefficient (Wildman–Crippen LogP) is 6.80. The van der Waals surface area contributed by atoms with Crippen molar-refractivity contribution in [3.05, 3.63) is 48.0 Å². The first-order valence-corrected chi connectivity index (χ1v) is 13.0. The Hall–Kier alpha value is -0.870. The van der Waals surface area contributed by atoms with Crippen molar-refractivity contribution in [2.24, 2.45) is 11.8 Å². The maximum absolute atomic E-state index is 10.6. The van der Waals surface area contributed by atoms with Gasteiger partial charge in [-0.25, -0.2) is 0 Å². The molecule has 1 aromatic rings. The summed E-state index contributed by atoms with van der Waals surface area (Å²) in [5.41, 5.74) is 1.44. The number of aliphatic carboxylic acids is 1. The van der Waals surface area contributed by atoms with E-state index in [1.165, 1.54) is 49.8 Å². The molecule has 154 valence electrons. The van der Waals surface area contributed by atoms with E-state index in [2.05, 4.69) is 66.0 Å². The average Bonchev–Trinajstić information content (AvgIpc) is 3.30.